The van der Waals surface area contributed by atoms with Gasteiger partial charge >= 0.3 is 6.55 Å². The molecule has 0 fully saturated rings. The zero-order valence-electron chi connectivity index (χ0n) is 11.7. The van der Waals surface area contributed by atoms with Crippen LogP contribution in [0.5, 0.6) is 0 Å². The molecule has 0 aliphatic carbocycles. The number of rotatable bonds is 1. The molecule has 3 rings (SSSR count). The predicted molar refractivity (Wildman–Crippen MR) is 77.2 cm³/mol. The van der Waals surface area contributed by atoms with Crippen molar-refractivity contribution in [1.29, 1.82) is 0 Å². The average Bonchev–Trinajstić information content (AvgIpc) is 2.71. The van der Waals surface area contributed by atoms with Crippen LogP contribution < -0.4 is 0 Å². The molecule has 0 aliphatic heterocycles. The molecule has 2 aromatic heterocycles. The van der Waals surface area contributed by atoms with E-state index in [-0.39, 0.29) is 5.41 Å². The highest BCUT2D eigenvalue weighted by Crippen LogP contribution is 2.35. The third-order valence-electron chi connectivity index (χ3n) is 3.67. The number of benzene rings is 1. The number of pyridine rings is 1. The summed E-state index contributed by atoms with van der Waals surface area (Å²) >= 11 is 0. The smallest absolute Gasteiger partial charge is 0.284 e. The molecule has 20 heavy (non-hydrogen) atoms. The maximum Gasteiger partial charge on any atom is 0.319 e. The van der Waals surface area contributed by atoms with Crippen molar-refractivity contribution < 1.29 is 8.78 Å². The van der Waals surface area contributed by atoms with Gasteiger partial charge in [0.05, 0.1) is 11.0 Å². The van der Waals surface area contributed by atoms with E-state index in [0.717, 1.165) is 20.9 Å². The van der Waals surface area contributed by atoms with Gasteiger partial charge in [0.1, 0.15) is 0 Å². The Bertz CT molecular complexity index is 782. The highest BCUT2D eigenvalue weighted by Gasteiger charge is 2.20. The summed E-state index contributed by atoms with van der Waals surface area (Å²) < 4.78 is 27.9. The molecule has 0 saturated heterocycles. The van der Waals surface area contributed by atoms with E-state index in [1.165, 1.54) is 0 Å². The number of alkyl halides is 2. The average molecular weight is 274 g/mol. The topological polar surface area (TPSA) is 17.8 Å². The van der Waals surface area contributed by atoms with Gasteiger partial charge in [-0.05, 0) is 23.1 Å². The first kappa shape index (κ1) is 13.0. The Morgan fingerprint density at radius 1 is 1.05 bits per heavy atom. The van der Waals surface area contributed by atoms with Crippen molar-refractivity contribution >= 4 is 21.8 Å². The molecule has 0 spiro atoms. The van der Waals surface area contributed by atoms with Gasteiger partial charge in [-0.3, -0.25) is 9.55 Å². The van der Waals surface area contributed by atoms with Crippen LogP contribution in [-0.2, 0) is 5.41 Å². The van der Waals surface area contributed by atoms with Crippen molar-refractivity contribution in [2.45, 2.75) is 32.7 Å². The van der Waals surface area contributed by atoms with Crippen molar-refractivity contribution in [2.24, 2.45) is 0 Å². The van der Waals surface area contributed by atoms with Crippen LogP contribution in [0, 0.1) is 0 Å². The Morgan fingerprint density at radius 3 is 2.45 bits per heavy atom. The standard InChI is InChI=1S/C16H16F2N2/c1-16(2,3)10-4-5-11-12-9-19-7-6-13(12)20(15(17)18)14(11)8-10/h4-9,15H,1-3H3. The van der Waals surface area contributed by atoms with E-state index in [0.29, 0.717) is 11.0 Å². The summed E-state index contributed by atoms with van der Waals surface area (Å²) in [6.07, 6.45) is 3.19. The van der Waals surface area contributed by atoms with E-state index in [1.807, 2.05) is 18.2 Å². The van der Waals surface area contributed by atoms with Gasteiger partial charge in [0, 0.05) is 23.2 Å². The van der Waals surface area contributed by atoms with Gasteiger partial charge in [0.25, 0.3) is 0 Å². The fraction of sp³-hybridized carbons (Fsp3) is 0.312. The fourth-order valence-corrected chi connectivity index (χ4v) is 2.57. The maximum absolute atomic E-state index is 13.4. The van der Waals surface area contributed by atoms with Gasteiger partial charge < -0.3 is 0 Å². The molecule has 0 radical (unpaired) electrons. The zero-order chi connectivity index (χ0) is 14.5. The number of hydrogen-bond acceptors (Lipinski definition) is 1. The lowest BCUT2D eigenvalue weighted by Gasteiger charge is -2.19. The van der Waals surface area contributed by atoms with E-state index in [4.69, 9.17) is 0 Å². The summed E-state index contributed by atoms with van der Waals surface area (Å²) in [7, 11) is 0. The number of hydrogen-bond donors (Lipinski definition) is 0. The first-order chi connectivity index (χ1) is 9.39. The summed E-state index contributed by atoms with van der Waals surface area (Å²) in [4.78, 5) is 4.05. The van der Waals surface area contributed by atoms with Crippen molar-refractivity contribution in [3.63, 3.8) is 0 Å². The highest BCUT2D eigenvalue weighted by molar-refractivity contribution is 6.07. The van der Waals surface area contributed by atoms with Gasteiger partial charge in [-0.2, -0.15) is 8.78 Å². The minimum Gasteiger partial charge on any atom is -0.284 e. The highest BCUT2D eigenvalue weighted by atomic mass is 19.3. The largest absolute Gasteiger partial charge is 0.319 e. The Hall–Kier alpha value is -1.97. The SMILES string of the molecule is CC(C)(C)c1ccc2c3cnccc3n(C(F)F)c2c1. The van der Waals surface area contributed by atoms with E-state index in [1.54, 1.807) is 18.5 Å². The Labute approximate surface area is 116 Å². The number of nitrogens with zero attached hydrogens (tertiary/aromatic N) is 2. The maximum atomic E-state index is 13.4. The summed E-state index contributed by atoms with van der Waals surface area (Å²) in [6, 6.07) is 7.42. The number of fused-ring (bicyclic) bond motifs is 3. The Balaban J connectivity index is 2.45. The van der Waals surface area contributed by atoms with Crippen LogP contribution >= 0.6 is 0 Å². The third kappa shape index (κ3) is 1.87. The number of halogens is 2. The second kappa shape index (κ2) is 4.27. The van der Waals surface area contributed by atoms with Crippen LogP contribution in [0.15, 0.2) is 36.7 Å². The first-order valence-corrected chi connectivity index (χ1v) is 6.56. The van der Waals surface area contributed by atoms with Crippen molar-refractivity contribution in [3.8, 4) is 0 Å². The minimum absolute atomic E-state index is 0.0736. The van der Waals surface area contributed by atoms with E-state index in [9.17, 15) is 8.78 Å². The van der Waals surface area contributed by atoms with Crippen LogP contribution in [0.25, 0.3) is 21.8 Å². The molecular formula is C16H16F2N2. The summed E-state index contributed by atoms with van der Waals surface area (Å²) in [5, 5.41) is 1.59. The van der Waals surface area contributed by atoms with Gasteiger partial charge in [-0.15, -0.1) is 0 Å². The Kier molecular flexibility index (Phi) is 2.78. The third-order valence-corrected chi connectivity index (χ3v) is 3.67. The fourth-order valence-electron chi connectivity index (χ4n) is 2.57. The zero-order valence-corrected chi connectivity index (χ0v) is 11.7. The molecule has 0 N–H and O–H groups in total. The molecule has 2 heterocycles. The second-order valence-electron chi connectivity index (χ2n) is 6.02. The lowest BCUT2D eigenvalue weighted by atomic mass is 9.86. The molecule has 0 saturated carbocycles. The number of aromatic nitrogens is 2. The van der Waals surface area contributed by atoms with Crippen LogP contribution in [0.3, 0.4) is 0 Å². The van der Waals surface area contributed by atoms with Crippen LogP contribution in [0.4, 0.5) is 8.78 Å². The molecule has 0 unspecified atom stereocenters. The molecule has 4 heteroatoms. The summed E-state index contributed by atoms with van der Waals surface area (Å²) in [5.74, 6) is 0. The second-order valence-corrected chi connectivity index (χ2v) is 6.02. The van der Waals surface area contributed by atoms with Gasteiger partial charge in [-0.1, -0.05) is 32.9 Å². The molecule has 2 nitrogen and oxygen atoms in total. The van der Waals surface area contributed by atoms with Gasteiger partial charge in [0.15, 0.2) is 0 Å². The quantitative estimate of drug-likeness (QED) is 0.618. The van der Waals surface area contributed by atoms with Gasteiger partial charge in [0.2, 0.25) is 0 Å². The van der Waals surface area contributed by atoms with E-state index >= 15 is 0 Å². The van der Waals surface area contributed by atoms with E-state index < -0.39 is 6.55 Å². The van der Waals surface area contributed by atoms with Crippen LogP contribution in [0.2, 0.25) is 0 Å². The van der Waals surface area contributed by atoms with E-state index in [2.05, 4.69) is 25.8 Å². The Morgan fingerprint density at radius 2 is 1.80 bits per heavy atom. The molecular weight excluding hydrogens is 258 g/mol. The molecule has 104 valence electrons. The lowest BCUT2D eigenvalue weighted by Crippen LogP contribution is -2.11. The van der Waals surface area contributed by atoms with Crippen molar-refractivity contribution in [3.05, 3.63) is 42.2 Å². The van der Waals surface area contributed by atoms with Crippen molar-refractivity contribution in [1.82, 2.24) is 9.55 Å². The molecule has 3 aromatic rings. The molecule has 0 bridgehead atoms. The summed E-state index contributed by atoms with van der Waals surface area (Å²) in [6.45, 7) is 3.66. The predicted octanol–water partition coefficient (Wildman–Crippen LogP) is 4.88. The minimum atomic E-state index is -2.56. The van der Waals surface area contributed by atoms with Crippen LogP contribution in [-0.4, -0.2) is 9.55 Å². The van der Waals surface area contributed by atoms with Gasteiger partial charge in [-0.25, -0.2) is 0 Å². The first-order valence-electron chi connectivity index (χ1n) is 6.56. The van der Waals surface area contributed by atoms with Crippen LogP contribution in [0.1, 0.15) is 32.9 Å². The van der Waals surface area contributed by atoms with Crippen molar-refractivity contribution in [2.75, 3.05) is 0 Å². The lowest BCUT2D eigenvalue weighted by molar-refractivity contribution is 0.0796. The molecule has 0 atom stereocenters. The normalized spacial score (nSPS) is 12.7. The monoisotopic (exact) mass is 274 g/mol. The molecule has 1 aromatic carbocycles. The summed E-state index contributed by atoms with van der Waals surface area (Å²) in [5.41, 5.74) is 2.06. The molecule has 0 aliphatic rings. The molecule has 0 amide bonds.